The van der Waals surface area contributed by atoms with Crippen molar-refractivity contribution in [2.24, 2.45) is 0 Å². The van der Waals surface area contributed by atoms with E-state index in [9.17, 15) is 4.79 Å². The number of hydrogen-bond donors (Lipinski definition) is 1. The SMILES string of the molecule is CCn1nccc1CNc1ccccc1CN(C)C(C)=O. The fourth-order valence-corrected chi connectivity index (χ4v) is 2.18. The van der Waals surface area contributed by atoms with Crippen LogP contribution in [-0.4, -0.2) is 27.6 Å². The molecule has 0 fully saturated rings. The summed E-state index contributed by atoms with van der Waals surface area (Å²) in [5, 5.41) is 7.70. The van der Waals surface area contributed by atoms with Crippen LogP contribution in [0.25, 0.3) is 0 Å². The van der Waals surface area contributed by atoms with E-state index in [1.54, 1.807) is 11.8 Å². The van der Waals surface area contributed by atoms with E-state index in [1.807, 2.05) is 48.3 Å². The summed E-state index contributed by atoms with van der Waals surface area (Å²) in [4.78, 5) is 13.1. The molecule has 0 saturated heterocycles. The maximum Gasteiger partial charge on any atom is 0.219 e. The monoisotopic (exact) mass is 286 g/mol. The molecule has 5 nitrogen and oxygen atoms in total. The highest BCUT2D eigenvalue weighted by molar-refractivity contribution is 5.73. The fourth-order valence-electron chi connectivity index (χ4n) is 2.18. The molecule has 112 valence electrons. The zero-order valence-corrected chi connectivity index (χ0v) is 12.8. The number of carbonyl (C=O) groups is 1. The molecule has 21 heavy (non-hydrogen) atoms. The minimum absolute atomic E-state index is 0.0638. The number of aromatic nitrogens is 2. The van der Waals surface area contributed by atoms with E-state index in [-0.39, 0.29) is 5.91 Å². The lowest BCUT2D eigenvalue weighted by Crippen LogP contribution is -2.23. The topological polar surface area (TPSA) is 50.2 Å². The van der Waals surface area contributed by atoms with Crippen molar-refractivity contribution >= 4 is 11.6 Å². The van der Waals surface area contributed by atoms with Gasteiger partial charge in [0.05, 0.1) is 12.2 Å². The van der Waals surface area contributed by atoms with E-state index < -0.39 is 0 Å². The summed E-state index contributed by atoms with van der Waals surface area (Å²) in [5.74, 6) is 0.0638. The zero-order chi connectivity index (χ0) is 15.2. The number of hydrogen-bond acceptors (Lipinski definition) is 3. The van der Waals surface area contributed by atoms with Crippen molar-refractivity contribution in [2.75, 3.05) is 12.4 Å². The van der Waals surface area contributed by atoms with Gasteiger partial charge in [0, 0.05) is 38.9 Å². The third-order valence-corrected chi connectivity index (χ3v) is 3.53. The average Bonchev–Trinajstić information content (AvgIpc) is 2.93. The average molecular weight is 286 g/mol. The standard InChI is InChI=1S/C16H22N4O/c1-4-20-15(9-10-18-20)11-17-16-8-6-5-7-14(16)12-19(3)13(2)21/h5-10,17H,4,11-12H2,1-3H3. The Hall–Kier alpha value is -2.30. The lowest BCUT2D eigenvalue weighted by atomic mass is 10.1. The van der Waals surface area contributed by atoms with Gasteiger partial charge in [-0.05, 0) is 24.6 Å². The second-order valence-electron chi connectivity index (χ2n) is 5.02. The van der Waals surface area contributed by atoms with Gasteiger partial charge in [-0.1, -0.05) is 18.2 Å². The number of aryl methyl sites for hydroxylation is 1. The van der Waals surface area contributed by atoms with Crippen molar-refractivity contribution in [1.82, 2.24) is 14.7 Å². The van der Waals surface area contributed by atoms with Crippen LogP contribution in [0.4, 0.5) is 5.69 Å². The first-order chi connectivity index (χ1) is 10.1. The molecule has 0 atom stereocenters. The quantitative estimate of drug-likeness (QED) is 0.887. The maximum absolute atomic E-state index is 11.4. The van der Waals surface area contributed by atoms with E-state index in [1.165, 1.54) is 0 Å². The molecule has 1 aromatic heterocycles. The molecule has 0 saturated carbocycles. The smallest absolute Gasteiger partial charge is 0.219 e. The second-order valence-corrected chi connectivity index (χ2v) is 5.02. The first-order valence-electron chi connectivity index (χ1n) is 7.16. The predicted octanol–water partition coefficient (Wildman–Crippen LogP) is 2.49. The van der Waals surface area contributed by atoms with Crippen LogP contribution in [0, 0.1) is 0 Å². The van der Waals surface area contributed by atoms with E-state index in [2.05, 4.69) is 17.3 Å². The van der Waals surface area contributed by atoms with Crippen LogP contribution < -0.4 is 5.32 Å². The number of nitrogens with zero attached hydrogens (tertiary/aromatic N) is 3. The van der Waals surface area contributed by atoms with E-state index >= 15 is 0 Å². The molecule has 1 heterocycles. The molecule has 2 aromatic rings. The Kier molecular flexibility index (Phi) is 4.98. The summed E-state index contributed by atoms with van der Waals surface area (Å²) < 4.78 is 1.97. The molecule has 1 aromatic carbocycles. The third kappa shape index (κ3) is 3.84. The molecule has 0 aliphatic carbocycles. The third-order valence-electron chi connectivity index (χ3n) is 3.53. The zero-order valence-electron chi connectivity index (χ0n) is 12.8. The molecule has 0 aliphatic rings. The Labute approximate surface area is 125 Å². The molecule has 0 spiro atoms. The van der Waals surface area contributed by atoms with Crippen molar-refractivity contribution in [1.29, 1.82) is 0 Å². The Morgan fingerprint density at radius 2 is 2.10 bits per heavy atom. The van der Waals surface area contributed by atoms with Crippen molar-refractivity contribution in [3.05, 3.63) is 47.8 Å². The van der Waals surface area contributed by atoms with Crippen LogP contribution in [0.3, 0.4) is 0 Å². The highest BCUT2D eigenvalue weighted by atomic mass is 16.2. The van der Waals surface area contributed by atoms with E-state index in [0.29, 0.717) is 13.1 Å². The largest absolute Gasteiger partial charge is 0.379 e. The molecule has 0 radical (unpaired) electrons. The first kappa shape index (κ1) is 15.1. The normalized spacial score (nSPS) is 10.4. The van der Waals surface area contributed by atoms with Crippen molar-refractivity contribution in [2.45, 2.75) is 33.5 Å². The summed E-state index contributed by atoms with van der Waals surface area (Å²) >= 11 is 0. The van der Waals surface area contributed by atoms with Gasteiger partial charge in [0.1, 0.15) is 0 Å². The van der Waals surface area contributed by atoms with E-state index in [4.69, 9.17) is 0 Å². The summed E-state index contributed by atoms with van der Waals surface area (Å²) in [6, 6.07) is 10.1. The lowest BCUT2D eigenvalue weighted by Gasteiger charge is -2.18. The molecular weight excluding hydrogens is 264 g/mol. The van der Waals surface area contributed by atoms with Crippen LogP contribution in [0.2, 0.25) is 0 Å². The summed E-state index contributed by atoms with van der Waals surface area (Å²) in [6.07, 6.45) is 1.82. The highest BCUT2D eigenvalue weighted by Crippen LogP contribution is 2.18. The van der Waals surface area contributed by atoms with Crippen molar-refractivity contribution in [3.8, 4) is 0 Å². The second kappa shape index (κ2) is 6.92. The van der Waals surface area contributed by atoms with Gasteiger partial charge in [0.2, 0.25) is 5.91 Å². The summed E-state index contributed by atoms with van der Waals surface area (Å²) in [7, 11) is 1.81. The Balaban J connectivity index is 2.08. The molecule has 2 rings (SSSR count). The number of carbonyl (C=O) groups excluding carboxylic acids is 1. The van der Waals surface area contributed by atoms with Crippen molar-refractivity contribution < 1.29 is 4.79 Å². The lowest BCUT2D eigenvalue weighted by molar-refractivity contribution is -0.128. The van der Waals surface area contributed by atoms with Gasteiger partial charge >= 0.3 is 0 Å². The molecule has 0 aliphatic heterocycles. The number of nitrogens with one attached hydrogen (secondary N) is 1. The number of amides is 1. The van der Waals surface area contributed by atoms with Crippen LogP contribution >= 0.6 is 0 Å². The number of anilines is 1. The summed E-state index contributed by atoms with van der Waals surface area (Å²) in [6.45, 7) is 5.83. The molecule has 1 N–H and O–H groups in total. The van der Waals surface area contributed by atoms with Gasteiger partial charge in [-0.3, -0.25) is 9.48 Å². The Morgan fingerprint density at radius 1 is 1.33 bits per heavy atom. The van der Waals surface area contributed by atoms with Gasteiger partial charge < -0.3 is 10.2 Å². The minimum atomic E-state index is 0.0638. The maximum atomic E-state index is 11.4. The molecule has 1 amide bonds. The molecular formula is C16H22N4O. The molecule has 0 bridgehead atoms. The van der Waals surface area contributed by atoms with Gasteiger partial charge in [0.25, 0.3) is 0 Å². The molecule has 5 heteroatoms. The van der Waals surface area contributed by atoms with Crippen LogP contribution in [-0.2, 0) is 24.4 Å². The van der Waals surface area contributed by atoms with Gasteiger partial charge in [0.15, 0.2) is 0 Å². The van der Waals surface area contributed by atoms with Crippen LogP contribution in [0.5, 0.6) is 0 Å². The van der Waals surface area contributed by atoms with Crippen LogP contribution in [0.15, 0.2) is 36.5 Å². The minimum Gasteiger partial charge on any atom is -0.379 e. The molecule has 0 unspecified atom stereocenters. The van der Waals surface area contributed by atoms with E-state index in [0.717, 1.165) is 23.5 Å². The Morgan fingerprint density at radius 3 is 2.81 bits per heavy atom. The first-order valence-corrected chi connectivity index (χ1v) is 7.16. The van der Waals surface area contributed by atoms with Gasteiger partial charge in [-0.25, -0.2) is 0 Å². The number of benzene rings is 1. The fraction of sp³-hybridized carbons (Fsp3) is 0.375. The predicted molar refractivity (Wildman–Crippen MR) is 83.8 cm³/mol. The number of para-hydroxylation sites is 1. The van der Waals surface area contributed by atoms with Crippen LogP contribution in [0.1, 0.15) is 25.1 Å². The number of rotatable bonds is 6. The highest BCUT2D eigenvalue weighted by Gasteiger charge is 2.08. The summed E-state index contributed by atoms with van der Waals surface area (Å²) in [5.41, 5.74) is 3.31. The van der Waals surface area contributed by atoms with Crippen molar-refractivity contribution in [3.63, 3.8) is 0 Å². The Bertz CT molecular complexity index is 606. The van der Waals surface area contributed by atoms with Gasteiger partial charge in [-0.2, -0.15) is 5.10 Å². The van der Waals surface area contributed by atoms with Gasteiger partial charge in [-0.15, -0.1) is 0 Å².